The summed E-state index contributed by atoms with van der Waals surface area (Å²) < 4.78 is 0. The van der Waals surface area contributed by atoms with Crippen LogP contribution in [0.2, 0.25) is 0 Å². The molecular weight excluding hydrogens is 182 g/mol. The van der Waals surface area contributed by atoms with Crippen molar-refractivity contribution in [3.8, 4) is 0 Å². The van der Waals surface area contributed by atoms with Crippen LogP contribution in [0.15, 0.2) is 0 Å². The molecule has 1 rings (SSSR count). The first-order valence-corrected chi connectivity index (χ1v) is 6.03. The van der Waals surface area contributed by atoms with Gasteiger partial charge in [-0.2, -0.15) is 0 Å². The average Bonchev–Trinajstić information content (AvgIpc) is 2.03. The topological polar surface area (TPSA) is 29.1 Å². The van der Waals surface area contributed by atoms with Gasteiger partial charge in [-0.15, -0.1) is 11.8 Å². The summed E-state index contributed by atoms with van der Waals surface area (Å²) in [6.45, 7) is 8.75. The van der Waals surface area contributed by atoms with E-state index in [1.807, 2.05) is 0 Å². The van der Waals surface area contributed by atoms with E-state index in [9.17, 15) is 4.79 Å². The predicted molar refractivity (Wildman–Crippen MR) is 57.9 cm³/mol. The lowest BCUT2D eigenvalue weighted by molar-refractivity contribution is -0.121. The molecule has 13 heavy (non-hydrogen) atoms. The van der Waals surface area contributed by atoms with Gasteiger partial charge in [-0.1, -0.05) is 27.7 Å². The third kappa shape index (κ3) is 2.01. The van der Waals surface area contributed by atoms with Crippen molar-refractivity contribution in [3.05, 3.63) is 0 Å². The van der Waals surface area contributed by atoms with E-state index < -0.39 is 0 Å². The molecule has 2 nitrogen and oxygen atoms in total. The lowest BCUT2D eigenvalue weighted by Gasteiger charge is -2.44. The minimum Gasteiger partial charge on any atom is -0.349 e. The Kier molecular flexibility index (Phi) is 3.28. The molecule has 0 aromatic heterocycles. The van der Waals surface area contributed by atoms with E-state index in [1.54, 1.807) is 11.8 Å². The van der Waals surface area contributed by atoms with E-state index in [2.05, 4.69) is 33.0 Å². The summed E-state index contributed by atoms with van der Waals surface area (Å²) in [4.78, 5) is 11.4. The first-order chi connectivity index (χ1) is 5.99. The lowest BCUT2D eigenvalue weighted by atomic mass is 9.78. The Morgan fingerprint density at radius 2 is 1.85 bits per heavy atom. The van der Waals surface area contributed by atoms with E-state index in [1.165, 1.54) is 0 Å². The Balaban J connectivity index is 2.83. The minimum atomic E-state index is 0.0139. The summed E-state index contributed by atoms with van der Waals surface area (Å²) in [5.74, 6) is 2.88. The molecule has 0 radical (unpaired) electrons. The van der Waals surface area contributed by atoms with Gasteiger partial charge in [0.15, 0.2) is 0 Å². The maximum Gasteiger partial charge on any atom is 0.230 e. The zero-order valence-electron chi connectivity index (χ0n) is 8.89. The normalized spacial score (nSPS) is 22.2. The van der Waals surface area contributed by atoms with Crippen LogP contribution in [0.5, 0.6) is 0 Å². The van der Waals surface area contributed by atoms with Gasteiger partial charge in [-0.25, -0.2) is 0 Å². The van der Waals surface area contributed by atoms with E-state index in [4.69, 9.17) is 0 Å². The molecule has 3 heteroatoms. The highest BCUT2D eigenvalue weighted by molar-refractivity contribution is 8.00. The fraction of sp³-hybridized carbons (Fsp3) is 0.900. The van der Waals surface area contributed by atoms with Crippen LogP contribution in [-0.2, 0) is 4.79 Å². The summed E-state index contributed by atoms with van der Waals surface area (Å²) in [7, 11) is 0. The van der Waals surface area contributed by atoms with Gasteiger partial charge in [0.25, 0.3) is 0 Å². The highest BCUT2D eigenvalue weighted by Gasteiger charge is 2.40. The van der Waals surface area contributed by atoms with Gasteiger partial charge in [-0.3, -0.25) is 4.79 Å². The molecule has 1 N–H and O–H groups in total. The van der Waals surface area contributed by atoms with Crippen molar-refractivity contribution in [1.29, 1.82) is 0 Å². The summed E-state index contributed by atoms with van der Waals surface area (Å²) in [6.07, 6.45) is 0. The predicted octanol–water partition coefficient (Wildman–Crippen LogP) is 1.90. The molecule has 1 aliphatic heterocycles. The first-order valence-electron chi connectivity index (χ1n) is 4.88. The second-order valence-corrected chi connectivity index (χ2v) is 5.38. The molecule has 1 aliphatic rings. The largest absolute Gasteiger partial charge is 0.349 e. The molecule has 1 fully saturated rings. The Morgan fingerprint density at radius 3 is 2.15 bits per heavy atom. The van der Waals surface area contributed by atoms with Crippen LogP contribution in [0.25, 0.3) is 0 Å². The molecule has 1 saturated heterocycles. The molecule has 0 spiro atoms. The summed E-state index contributed by atoms with van der Waals surface area (Å²) in [5.41, 5.74) is 0.0139. The zero-order valence-corrected chi connectivity index (χ0v) is 9.70. The zero-order chi connectivity index (χ0) is 10.1. The Morgan fingerprint density at radius 1 is 1.31 bits per heavy atom. The van der Waals surface area contributed by atoms with Gasteiger partial charge in [-0.05, 0) is 11.8 Å². The van der Waals surface area contributed by atoms with E-state index in [0.29, 0.717) is 17.6 Å². The Bertz CT molecular complexity index is 193. The number of thioether (sulfide) groups is 1. The van der Waals surface area contributed by atoms with Crippen LogP contribution in [0, 0.1) is 11.8 Å². The number of nitrogens with one attached hydrogen (secondary N) is 1. The van der Waals surface area contributed by atoms with Crippen molar-refractivity contribution in [2.75, 3.05) is 11.5 Å². The smallest absolute Gasteiger partial charge is 0.230 e. The fourth-order valence-electron chi connectivity index (χ4n) is 1.93. The molecule has 0 aromatic carbocycles. The van der Waals surface area contributed by atoms with Crippen LogP contribution < -0.4 is 5.32 Å². The molecule has 76 valence electrons. The summed E-state index contributed by atoms with van der Waals surface area (Å²) >= 11 is 1.75. The lowest BCUT2D eigenvalue weighted by Crippen LogP contribution is -2.61. The second kappa shape index (κ2) is 3.91. The SMILES string of the molecule is CC(C)C1(C(C)C)CSCC(=O)N1. The second-order valence-electron chi connectivity index (χ2n) is 4.39. The van der Waals surface area contributed by atoms with Gasteiger partial charge in [0, 0.05) is 5.75 Å². The minimum absolute atomic E-state index is 0.0139. The third-order valence-corrected chi connectivity index (χ3v) is 4.15. The standard InChI is InChI=1S/C10H19NOS/c1-7(2)10(8(3)4)6-13-5-9(12)11-10/h7-8H,5-6H2,1-4H3,(H,11,12). The van der Waals surface area contributed by atoms with Gasteiger partial charge in [0.2, 0.25) is 5.91 Å². The van der Waals surface area contributed by atoms with Crippen LogP contribution >= 0.6 is 11.8 Å². The number of carbonyl (C=O) groups excluding carboxylic acids is 1. The van der Waals surface area contributed by atoms with Gasteiger partial charge in [0.05, 0.1) is 11.3 Å². The van der Waals surface area contributed by atoms with Crippen molar-refractivity contribution in [1.82, 2.24) is 5.32 Å². The molecule has 0 bridgehead atoms. The maximum atomic E-state index is 11.4. The van der Waals surface area contributed by atoms with E-state index >= 15 is 0 Å². The van der Waals surface area contributed by atoms with Crippen LogP contribution in [-0.4, -0.2) is 23.0 Å². The molecule has 1 heterocycles. The van der Waals surface area contributed by atoms with E-state index in [-0.39, 0.29) is 11.4 Å². The molecule has 0 unspecified atom stereocenters. The number of hydrogen-bond acceptors (Lipinski definition) is 2. The van der Waals surface area contributed by atoms with Gasteiger partial charge in [0.1, 0.15) is 0 Å². The molecule has 0 atom stereocenters. The maximum absolute atomic E-state index is 11.4. The van der Waals surface area contributed by atoms with Crippen LogP contribution in [0.4, 0.5) is 0 Å². The quantitative estimate of drug-likeness (QED) is 0.739. The average molecular weight is 201 g/mol. The fourth-order valence-corrected chi connectivity index (χ4v) is 3.37. The molecule has 0 aromatic rings. The molecule has 0 saturated carbocycles. The first kappa shape index (κ1) is 10.9. The number of amides is 1. The van der Waals surface area contributed by atoms with Gasteiger partial charge >= 0.3 is 0 Å². The molecule has 0 aliphatic carbocycles. The highest BCUT2D eigenvalue weighted by atomic mass is 32.2. The number of carbonyl (C=O) groups is 1. The highest BCUT2D eigenvalue weighted by Crippen LogP contribution is 2.32. The monoisotopic (exact) mass is 201 g/mol. The third-order valence-electron chi connectivity index (χ3n) is 3.01. The van der Waals surface area contributed by atoms with Crippen LogP contribution in [0.3, 0.4) is 0 Å². The molecule has 1 amide bonds. The van der Waals surface area contributed by atoms with Crippen molar-refractivity contribution in [2.24, 2.45) is 11.8 Å². The number of hydrogen-bond donors (Lipinski definition) is 1. The summed E-state index contributed by atoms with van der Waals surface area (Å²) in [5, 5.41) is 3.17. The number of rotatable bonds is 2. The summed E-state index contributed by atoms with van der Waals surface area (Å²) in [6, 6.07) is 0. The van der Waals surface area contributed by atoms with Crippen molar-refractivity contribution in [2.45, 2.75) is 33.2 Å². The Labute approximate surface area is 84.9 Å². The van der Waals surface area contributed by atoms with Crippen LogP contribution in [0.1, 0.15) is 27.7 Å². The van der Waals surface area contributed by atoms with Crippen molar-refractivity contribution in [3.63, 3.8) is 0 Å². The van der Waals surface area contributed by atoms with Crippen molar-refractivity contribution < 1.29 is 4.79 Å². The molecular formula is C10H19NOS. The Hall–Kier alpha value is -0.180. The van der Waals surface area contributed by atoms with E-state index in [0.717, 1.165) is 5.75 Å². The van der Waals surface area contributed by atoms with Crippen molar-refractivity contribution >= 4 is 17.7 Å². The van der Waals surface area contributed by atoms with Gasteiger partial charge < -0.3 is 5.32 Å².